The van der Waals surface area contributed by atoms with Gasteiger partial charge in [-0.15, -0.1) is 0 Å². The molecule has 0 spiro atoms. The van der Waals surface area contributed by atoms with Crippen molar-refractivity contribution in [3.63, 3.8) is 0 Å². The third-order valence-corrected chi connectivity index (χ3v) is 4.36. The Bertz CT molecular complexity index is 612. The number of hydrogen-bond acceptors (Lipinski definition) is 5. The average Bonchev–Trinajstić information content (AvgIpc) is 3.02. The van der Waals surface area contributed by atoms with Crippen molar-refractivity contribution < 1.29 is 19.2 Å². The fourth-order valence-corrected chi connectivity index (χ4v) is 3.19. The highest BCUT2D eigenvalue weighted by Crippen LogP contribution is 2.44. The van der Waals surface area contributed by atoms with Gasteiger partial charge in [0.25, 0.3) is 11.8 Å². The van der Waals surface area contributed by atoms with Gasteiger partial charge >= 0.3 is 5.97 Å². The highest BCUT2D eigenvalue weighted by atomic mass is 16.7. The Kier molecular flexibility index (Phi) is 2.62. The lowest BCUT2D eigenvalue weighted by atomic mass is 10.1. The number of rotatable bonds is 3. The number of hydroxylamine groups is 2. The Balaban J connectivity index is 1.42. The highest BCUT2D eigenvalue weighted by molar-refractivity contribution is 6.20. The van der Waals surface area contributed by atoms with Crippen LogP contribution >= 0.6 is 0 Å². The lowest BCUT2D eigenvalue weighted by Gasteiger charge is -2.18. The predicted octanol–water partition coefficient (Wildman–Crippen LogP) is 0.692. The Labute approximate surface area is 121 Å². The van der Waals surface area contributed by atoms with Crippen LogP contribution < -0.4 is 0 Å². The molecule has 1 aliphatic carbocycles. The molecule has 1 saturated heterocycles. The van der Waals surface area contributed by atoms with Gasteiger partial charge in [0, 0.05) is 13.1 Å². The van der Waals surface area contributed by atoms with Crippen LogP contribution in [0.25, 0.3) is 0 Å². The van der Waals surface area contributed by atoms with Gasteiger partial charge < -0.3 is 4.84 Å². The van der Waals surface area contributed by atoms with E-state index in [9.17, 15) is 14.4 Å². The van der Waals surface area contributed by atoms with Crippen LogP contribution in [0.15, 0.2) is 24.3 Å². The van der Waals surface area contributed by atoms with Gasteiger partial charge in [-0.25, -0.2) is 4.79 Å². The van der Waals surface area contributed by atoms with Gasteiger partial charge in [-0.1, -0.05) is 17.2 Å². The van der Waals surface area contributed by atoms with Crippen molar-refractivity contribution in [2.75, 3.05) is 19.6 Å². The molecule has 1 aromatic carbocycles. The van der Waals surface area contributed by atoms with Crippen LogP contribution in [0, 0.1) is 11.8 Å². The minimum absolute atomic E-state index is 0.125. The first-order chi connectivity index (χ1) is 10.1. The topological polar surface area (TPSA) is 66.9 Å². The number of hydrogen-bond donors (Lipinski definition) is 0. The van der Waals surface area contributed by atoms with Crippen molar-refractivity contribution in [3.05, 3.63) is 35.4 Å². The third-order valence-electron chi connectivity index (χ3n) is 4.36. The van der Waals surface area contributed by atoms with Gasteiger partial charge in [-0.05, 0) is 30.4 Å². The van der Waals surface area contributed by atoms with Gasteiger partial charge in [-0.2, -0.15) is 0 Å². The zero-order valence-corrected chi connectivity index (χ0v) is 11.3. The van der Waals surface area contributed by atoms with E-state index in [1.54, 1.807) is 24.3 Å². The Morgan fingerprint density at radius 1 is 1.10 bits per heavy atom. The summed E-state index contributed by atoms with van der Waals surface area (Å²) in [6.45, 7) is 1.93. The van der Waals surface area contributed by atoms with E-state index in [0.29, 0.717) is 5.06 Å². The van der Waals surface area contributed by atoms with Crippen LogP contribution in [-0.4, -0.2) is 47.4 Å². The summed E-state index contributed by atoms with van der Waals surface area (Å²) in [5, 5.41) is 0.573. The van der Waals surface area contributed by atoms with Crippen LogP contribution in [0.4, 0.5) is 0 Å². The van der Waals surface area contributed by atoms with Crippen LogP contribution in [0.1, 0.15) is 27.1 Å². The lowest BCUT2D eigenvalue weighted by molar-refractivity contribution is -0.169. The summed E-state index contributed by atoms with van der Waals surface area (Å²) < 4.78 is 0. The van der Waals surface area contributed by atoms with E-state index >= 15 is 0 Å². The lowest BCUT2D eigenvalue weighted by Crippen LogP contribution is -2.38. The van der Waals surface area contributed by atoms with E-state index in [0.717, 1.165) is 24.9 Å². The molecule has 2 unspecified atom stereocenters. The maximum Gasteiger partial charge on any atom is 0.347 e. The van der Waals surface area contributed by atoms with Crippen molar-refractivity contribution in [1.29, 1.82) is 0 Å². The molecule has 4 rings (SSSR count). The summed E-state index contributed by atoms with van der Waals surface area (Å²) in [7, 11) is 0. The minimum Gasteiger partial charge on any atom is -0.328 e. The van der Waals surface area contributed by atoms with Gasteiger partial charge in [0.15, 0.2) is 0 Å². The number of benzene rings is 1. The summed E-state index contributed by atoms with van der Waals surface area (Å²) in [6.07, 6.45) is 1.25. The fraction of sp³-hybridized carbons (Fsp3) is 0.400. The van der Waals surface area contributed by atoms with Gasteiger partial charge in [0.2, 0.25) is 0 Å². The molecule has 2 aliphatic heterocycles. The number of nitrogens with zero attached hydrogens (tertiary/aromatic N) is 2. The summed E-state index contributed by atoms with van der Waals surface area (Å²) >= 11 is 0. The van der Waals surface area contributed by atoms with Crippen molar-refractivity contribution in [2.24, 2.45) is 11.8 Å². The van der Waals surface area contributed by atoms with E-state index in [2.05, 4.69) is 0 Å². The summed E-state index contributed by atoms with van der Waals surface area (Å²) in [5.41, 5.74) is 0.551. The van der Waals surface area contributed by atoms with Gasteiger partial charge in [-0.3, -0.25) is 14.5 Å². The zero-order chi connectivity index (χ0) is 14.6. The Morgan fingerprint density at radius 2 is 1.67 bits per heavy atom. The molecule has 0 bridgehead atoms. The highest BCUT2D eigenvalue weighted by Gasteiger charge is 2.46. The monoisotopic (exact) mass is 286 g/mol. The van der Waals surface area contributed by atoms with E-state index in [-0.39, 0.29) is 17.7 Å². The molecule has 108 valence electrons. The molecule has 2 atom stereocenters. The molecular weight excluding hydrogens is 272 g/mol. The SMILES string of the molecule is O=C(CN1CC2CC2C1)ON1C(=O)c2ccccc2C1=O. The largest absolute Gasteiger partial charge is 0.347 e. The van der Waals surface area contributed by atoms with Crippen molar-refractivity contribution in [1.82, 2.24) is 9.96 Å². The number of likely N-dealkylation sites (tertiary alicyclic amines) is 1. The third kappa shape index (κ3) is 2.03. The molecule has 2 heterocycles. The number of imide groups is 1. The predicted molar refractivity (Wildman–Crippen MR) is 71.1 cm³/mol. The summed E-state index contributed by atoms with van der Waals surface area (Å²) in [6, 6.07) is 6.45. The number of fused-ring (bicyclic) bond motifs is 2. The second-order valence-electron chi connectivity index (χ2n) is 5.86. The van der Waals surface area contributed by atoms with Crippen LogP contribution in [0.3, 0.4) is 0 Å². The molecule has 0 radical (unpaired) electrons. The quantitative estimate of drug-likeness (QED) is 0.765. The summed E-state index contributed by atoms with van der Waals surface area (Å²) in [4.78, 5) is 43.0. The van der Waals surface area contributed by atoms with Crippen LogP contribution in [-0.2, 0) is 9.63 Å². The fourth-order valence-electron chi connectivity index (χ4n) is 3.19. The second kappa shape index (κ2) is 4.39. The molecule has 21 heavy (non-hydrogen) atoms. The Hall–Kier alpha value is -2.21. The van der Waals surface area contributed by atoms with Crippen molar-refractivity contribution in [3.8, 4) is 0 Å². The molecule has 6 nitrogen and oxygen atoms in total. The van der Waals surface area contributed by atoms with Crippen LogP contribution in [0.5, 0.6) is 0 Å². The second-order valence-corrected chi connectivity index (χ2v) is 5.86. The standard InChI is InChI=1S/C15H14N2O4/c18-13(8-16-6-9-5-10(9)7-16)21-17-14(19)11-3-1-2-4-12(11)15(17)20/h1-4,9-10H,5-8H2. The van der Waals surface area contributed by atoms with E-state index in [4.69, 9.17) is 4.84 Å². The van der Waals surface area contributed by atoms with E-state index in [1.165, 1.54) is 6.42 Å². The van der Waals surface area contributed by atoms with Gasteiger partial charge in [0.1, 0.15) is 0 Å². The number of carbonyl (C=O) groups excluding carboxylic acids is 3. The molecule has 0 N–H and O–H groups in total. The van der Waals surface area contributed by atoms with Crippen LogP contribution in [0.2, 0.25) is 0 Å². The molecule has 1 aromatic rings. The van der Waals surface area contributed by atoms with E-state index in [1.807, 2.05) is 4.90 Å². The number of amides is 2. The first-order valence-corrected chi connectivity index (χ1v) is 7.04. The Morgan fingerprint density at radius 3 is 2.24 bits per heavy atom. The molecule has 1 saturated carbocycles. The van der Waals surface area contributed by atoms with Gasteiger partial charge in [0.05, 0.1) is 17.7 Å². The van der Waals surface area contributed by atoms with Crippen molar-refractivity contribution >= 4 is 17.8 Å². The minimum atomic E-state index is -0.576. The number of piperidine rings is 1. The molecule has 3 aliphatic rings. The maximum atomic E-state index is 12.1. The normalized spacial score (nSPS) is 26.8. The molecule has 6 heteroatoms. The van der Waals surface area contributed by atoms with Crippen molar-refractivity contribution in [2.45, 2.75) is 6.42 Å². The molecule has 2 fully saturated rings. The zero-order valence-electron chi connectivity index (χ0n) is 11.3. The first-order valence-electron chi connectivity index (χ1n) is 7.04. The summed E-state index contributed by atoms with van der Waals surface area (Å²) in [5.74, 6) is -0.276. The van der Waals surface area contributed by atoms with E-state index < -0.39 is 17.8 Å². The molecule has 0 aromatic heterocycles. The average molecular weight is 286 g/mol. The first kappa shape index (κ1) is 12.5. The number of carbonyl (C=O) groups is 3. The maximum absolute atomic E-state index is 12.1. The molecular formula is C15H14N2O4. The molecule has 2 amide bonds. The smallest absolute Gasteiger partial charge is 0.328 e.